The lowest BCUT2D eigenvalue weighted by Gasteiger charge is -2.32. The molecule has 1 saturated heterocycles. The van der Waals surface area contributed by atoms with E-state index < -0.39 is 0 Å². The van der Waals surface area contributed by atoms with Crippen LogP contribution in [0.1, 0.15) is 49.5 Å². The van der Waals surface area contributed by atoms with Crippen LogP contribution < -0.4 is 15.4 Å². The van der Waals surface area contributed by atoms with E-state index in [1.54, 1.807) is 29.2 Å². The SMILES string of the molecule is C=CC(=O)N1CCC(Nc2ncnc(NC(C)C)c2C(=O)c2ccc(OCC)cc2)CC1. The van der Waals surface area contributed by atoms with Gasteiger partial charge >= 0.3 is 0 Å². The summed E-state index contributed by atoms with van der Waals surface area (Å²) in [6.07, 6.45) is 4.31. The molecule has 3 rings (SSSR count). The number of aromatic nitrogens is 2. The van der Waals surface area contributed by atoms with Gasteiger partial charge in [-0.05, 0) is 64.0 Å². The molecular weight excluding hydrogens is 406 g/mol. The fourth-order valence-electron chi connectivity index (χ4n) is 3.67. The number of likely N-dealkylation sites (tertiary alicyclic amines) is 1. The summed E-state index contributed by atoms with van der Waals surface area (Å²) < 4.78 is 5.49. The van der Waals surface area contributed by atoms with Gasteiger partial charge in [0.15, 0.2) is 5.78 Å². The zero-order chi connectivity index (χ0) is 23.1. The van der Waals surface area contributed by atoms with Crippen LogP contribution in [-0.4, -0.2) is 58.3 Å². The van der Waals surface area contributed by atoms with E-state index in [4.69, 9.17) is 4.74 Å². The standard InChI is InChI=1S/C24H31N5O3/c1-5-20(30)29-13-11-18(12-14-29)28-24-21(23(25-15-26-24)27-16(3)4)22(31)17-7-9-19(10-8-17)32-6-2/h5,7-10,15-16,18H,1,6,11-14H2,2-4H3,(H2,25,26,27,28). The van der Waals surface area contributed by atoms with Crippen molar-refractivity contribution in [2.45, 2.75) is 45.7 Å². The first-order chi connectivity index (χ1) is 15.4. The lowest BCUT2D eigenvalue weighted by molar-refractivity contribution is -0.126. The van der Waals surface area contributed by atoms with Crippen LogP contribution in [0, 0.1) is 0 Å². The second-order valence-electron chi connectivity index (χ2n) is 7.98. The number of rotatable bonds is 9. The van der Waals surface area contributed by atoms with Gasteiger partial charge in [0, 0.05) is 30.7 Å². The van der Waals surface area contributed by atoms with Crippen molar-refractivity contribution in [3.8, 4) is 5.75 Å². The largest absolute Gasteiger partial charge is 0.494 e. The molecule has 1 aromatic heterocycles. The predicted octanol–water partition coefficient (Wildman–Crippen LogP) is 3.52. The van der Waals surface area contributed by atoms with Crippen molar-refractivity contribution in [3.05, 3.63) is 54.4 Å². The third kappa shape index (κ3) is 5.63. The van der Waals surface area contributed by atoms with E-state index in [0.717, 1.165) is 12.8 Å². The van der Waals surface area contributed by atoms with Crippen molar-refractivity contribution in [1.29, 1.82) is 0 Å². The fraction of sp³-hybridized carbons (Fsp3) is 0.417. The minimum atomic E-state index is -0.168. The number of amides is 1. The molecule has 32 heavy (non-hydrogen) atoms. The van der Waals surface area contributed by atoms with E-state index in [1.807, 2.05) is 20.8 Å². The summed E-state index contributed by atoms with van der Waals surface area (Å²) in [5.74, 6) is 1.48. The quantitative estimate of drug-likeness (QED) is 0.458. The van der Waals surface area contributed by atoms with Gasteiger partial charge in [-0.2, -0.15) is 0 Å². The van der Waals surface area contributed by atoms with Gasteiger partial charge in [0.2, 0.25) is 5.91 Å². The van der Waals surface area contributed by atoms with Crippen LogP contribution in [0.5, 0.6) is 5.75 Å². The summed E-state index contributed by atoms with van der Waals surface area (Å²) in [4.78, 5) is 35.9. The molecule has 1 fully saturated rings. The molecule has 8 heteroatoms. The normalized spacial score (nSPS) is 14.2. The first-order valence-corrected chi connectivity index (χ1v) is 11.0. The maximum absolute atomic E-state index is 13.5. The molecule has 0 radical (unpaired) electrons. The Hall–Kier alpha value is -3.42. The van der Waals surface area contributed by atoms with Crippen molar-refractivity contribution in [1.82, 2.24) is 14.9 Å². The number of carbonyl (C=O) groups is 2. The maximum atomic E-state index is 13.5. The summed E-state index contributed by atoms with van der Waals surface area (Å²) >= 11 is 0. The number of hydrogen-bond donors (Lipinski definition) is 2. The highest BCUT2D eigenvalue weighted by Gasteiger charge is 2.26. The first-order valence-electron chi connectivity index (χ1n) is 11.0. The second-order valence-corrected chi connectivity index (χ2v) is 7.98. The predicted molar refractivity (Wildman–Crippen MR) is 125 cm³/mol. The zero-order valence-corrected chi connectivity index (χ0v) is 18.9. The monoisotopic (exact) mass is 437 g/mol. The molecule has 0 saturated carbocycles. The summed E-state index contributed by atoms with van der Waals surface area (Å²) in [5.41, 5.74) is 0.944. The fourth-order valence-corrected chi connectivity index (χ4v) is 3.67. The lowest BCUT2D eigenvalue weighted by Crippen LogP contribution is -2.42. The van der Waals surface area contributed by atoms with Gasteiger partial charge < -0.3 is 20.3 Å². The van der Waals surface area contributed by atoms with Crippen LogP contribution in [0.2, 0.25) is 0 Å². The maximum Gasteiger partial charge on any atom is 0.245 e. The smallest absolute Gasteiger partial charge is 0.245 e. The van der Waals surface area contributed by atoms with E-state index >= 15 is 0 Å². The van der Waals surface area contributed by atoms with Gasteiger partial charge in [0.05, 0.1) is 6.61 Å². The van der Waals surface area contributed by atoms with Crippen LogP contribution in [0.25, 0.3) is 0 Å². The number of carbonyl (C=O) groups excluding carboxylic acids is 2. The molecule has 8 nitrogen and oxygen atoms in total. The van der Waals surface area contributed by atoms with Crippen LogP contribution in [0.4, 0.5) is 11.6 Å². The minimum Gasteiger partial charge on any atom is -0.494 e. The summed E-state index contributed by atoms with van der Waals surface area (Å²) in [6.45, 7) is 11.3. The molecule has 1 aliphatic rings. The number of nitrogens with zero attached hydrogens (tertiary/aromatic N) is 3. The molecule has 0 spiro atoms. The molecular formula is C24H31N5O3. The van der Waals surface area contributed by atoms with Gasteiger partial charge in [-0.25, -0.2) is 9.97 Å². The average molecular weight is 438 g/mol. The molecule has 2 N–H and O–H groups in total. The number of anilines is 2. The third-order valence-electron chi connectivity index (χ3n) is 5.25. The number of nitrogens with one attached hydrogen (secondary N) is 2. The molecule has 1 aliphatic heterocycles. The van der Waals surface area contributed by atoms with E-state index in [1.165, 1.54) is 12.4 Å². The summed E-state index contributed by atoms with van der Waals surface area (Å²) in [6, 6.07) is 7.27. The van der Waals surface area contributed by atoms with Crippen LogP contribution in [-0.2, 0) is 4.79 Å². The van der Waals surface area contributed by atoms with Gasteiger partial charge in [-0.3, -0.25) is 9.59 Å². The average Bonchev–Trinajstić information content (AvgIpc) is 2.79. The summed E-state index contributed by atoms with van der Waals surface area (Å²) in [5, 5.41) is 6.68. The molecule has 0 bridgehead atoms. The Labute approximate surface area is 189 Å². The van der Waals surface area contributed by atoms with E-state index in [-0.39, 0.29) is 23.8 Å². The first kappa shape index (κ1) is 23.2. The Kier molecular flexibility index (Phi) is 7.81. The Balaban J connectivity index is 1.86. The van der Waals surface area contributed by atoms with Crippen molar-refractivity contribution < 1.29 is 14.3 Å². The number of ketones is 1. The van der Waals surface area contributed by atoms with Crippen LogP contribution in [0.15, 0.2) is 43.2 Å². The van der Waals surface area contributed by atoms with E-state index in [9.17, 15) is 9.59 Å². The zero-order valence-electron chi connectivity index (χ0n) is 18.9. The van der Waals surface area contributed by atoms with Gasteiger partial charge in [0.1, 0.15) is 29.3 Å². The topological polar surface area (TPSA) is 96.5 Å². The highest BCUT2D eigenvalue weighted by atomic mass is 16.5. The molecule has 0 unspecified atom stereocenters. The van der Waals surface area contributed by atoms with E-state index in [0.29, 0.717) is 48.2 Å². The second kappa shape index (κ2) is 10.7. The minimum absolute atomic E-state index is 0.0553. The Bertz CT molecular complexity index is 951. The molecule has 1 aromatic carbocycles. The third-order valence-corrected chi connectivity index (χ3v) is 5.25. The number of piperidine rings is 1. The van der Waals surface area contributed by atoms with Gasteiger partial charge in [0.25, 0.3) is 0 Å². The van der Waals surface area contributed by atoms with Crippen LogP contribution >= 0.6 is 0 Å². The van der Waals surface area contributed by atoms with Crippen molar-refractivity contribution in [2.24, 2.45) is 0 Å². The Morgan fingerprint density at radius 1 is 1.19 bits per heavy atom. The molecule has 2 heterocycles. The number of benzene rings is 1. The summed E-state index contributed by atoms with van der Waals surface area (Å²) in [7, 11) is 0. The highest BCUT2D eigenvalue weighted by molar-refractivity contribution is 6.14. The van der Waals surface area contributed by atoms with Crippen molar-refractivity contribution in [2.75, 3.05) is 30.3 Å². The van der Waals surface area contributed by atoms with Crippen molar-refractivity contribution in [3.63, 3.8) is 0 Å². The Morgan fingerprint density at radius 3 is 2.44 bits per heavy atom. The molecule has 0 atom stereocenters. The number of ether oxygens (including phenoxy) is 1. The highest BCUT2D eigenvalue weighted by Crippen LogP contribution is 2.27. The Morgan fingerprint density at radius 2 is 1.84 bits per heavy atom. The van der Waals surface area contributed by atoms with E-state index in [2.05, 4.69) is 27.2 Å². The molecule has 2 aromatic rings. The van der Waals surface area contributed by atoms with Crippen LogP contribution in [0.3, 0.4) is 0 Å². The lowest BCUT2D eigenvalue weighted by atomic mass is 10.0. The molecule has 0 aliphatic carbocycles. The number of hydrogen-bond acceptors (Lipinski definition) is 7. The molecule has 1 amide bonds. The van der Waals surface area contributed by atoms with Crippen molar-refractivity contribution >= 4 is 23.3 Å². The van der Waals surface area contributed by atoms with Gasteiger partial charge in [-0.1, -0.05) is 6.58 Å². The van der Waals surface area contributed by atoms with Gasteiger partial charge in [-0.15, -0.1) is 0 Å². The molecule has 170 valence electrons.